The summed E-state index contributed by atoms with van der Waals surface area (Å²) in [4.78, 5) is 96.7. The van der Waals surface area contributed by atoms with Crippen molar-refractivity contribution in [3.05, 3.63) is 0 Å². The Morgan fingerprint density at radius 1 is 0.454 bits per heavy atom. The van der Waals surface area contributed by atoms with Gasteiger partial charge in [0.1, 0.15) is 74.5 Å². The molecule has 4 aliphatic heterocycles. The van der Waals surface area contributed by atoms with Gasteiger partial charge in [0.05, 0.1) is 21.0 Å². The summed E-state index contributed by atoms with van der Waals surface area (Å²) in [7, 11) is -14.2. The zero-order valence-corrected chi connectivity index (χ0v) is 62.1. The van der Waals surface area contributed by atoms with E-state index in [0.29, 0.717) is 70.6 Å². The van der Waals surface area contributed by atoms with Gasteiger partial charge in [0, 0.05) is 68.0 Å². The first-order valence-electron chi connectivity index (χ1n) is 34.1. The minimum Gasteiger partial charge on any atom is -0.458 e. The topological polar surface area (TPSA) is 395 Å². The maximum absolute atomic E-state index is 12.2. The van der Waals surface area contributed by atoms with Gasteiger partial charge >= 0.3 is 23.9 Å². The first-order valence-corrected chi connectivity index (χ1v) is 39.9. The maximum atomic E-state index is 12.2. The first-order chi connectivity index (χ1) is 44.4. The normalized spacial score (nSPS) is 38.5. The standard InChI is InChI=1S/C17H27NO6S.3C16H25NO6S/c1-6-16(2,3)15(20)18-8-11(19)23-13-9-7-10-12(17(9,4)5)14(13)24-25(10,21)22;1-5-15(2,3)14(19)17-8-11(18)22-13-12-9-6-16(13,4)7-10(9)24(20,21)23-12;1-5-15(2,3)14(19)17-8-11(18)22-12-9-6-10-16(4,7-9)13(12)23-24(10,20)21;1-5-15(2,3)14(19)17-8-12(18)22-16(4)9-6-10-11(7-9)24(20,21)23-13(10)16/h9-10,12-14H,6-8H2,1-5H3,(H,18,20);2*9-10,12-13H,5-8H2,1-4H3,(H,17,19);9-11,13H,5-8H2,1-4H3,(H,17,19). The summed E-state index contributed by atoms with van der Waals surface area (Å²) in [6.45, 7) is 30.8. The number of carbonyl (C=O) groups is 8. The van der Waals surface area contributed by atoms with E-state index in [1.54, 1.807) is 6.92 Å². The van der Waals surface area contributed by atoms with Crippen LogP contribution in [0.15, 0.2) is 0 Å². The summed E-state index contributed by atoms with van der Waals surface area (Å²) in [6, 6.07) is 0. The third-order valence-electron chi connectivity index (χ3n) is 24.8. The molecule has 12 aliphatic rings. The lowest BCUT2D eigenvalue weighted by Gasteiger charge is -2.36. The highest BCUT2D eigenvalue weighted by molar-refractivity contribution is 7.88. The molecule has 550 valence electrons. The molecular formula is C65H102N4O24S4. The van der Waals surface area contributed by atoms with E-state index in [-0.39, 0.29) is 96.1 Å². The van der Waals surface area contributed by atoms with Crippen molar-refractivity contribution in [3.63, 3.8) is 0 Å². The molecule has 4 heterocycles. The Balaban J connectivity index is 0.000000152. The largest absolute Gasteiger partial charge is 0.458 e. The van der Waals surface area contributed by atoms with E-state index in [2.05, 4.69) is 21.3 Å². The van der Waals surface area contributed by atoms with Gasteiger partial charge in [-0.1, -0.05) is 111 Å². The Kier molecular flexibility index (Phi) is 20.5. The van der Waals surface area contributed by atoms with Crippen molar-refractivity contribution in [3.8, 4) is 0 Å². The van der Waals surface area contributed by atoms with Crippen LogP contribution in [-0.4, -0.2) is 177 Å². The maximum Gasteiger partial charge on any atom is 0.326 e. The van der Waals surface area contributed by atoms with Crippen LogP contribution in [-0.2, 0) is 115 Å². The average molecular weight is 1450 g/mol. The van der Waals surface area contributed by atoms with Gasteiger partial charge in [-0.15, -0.1) is 0 Å². The molecule has 8 bridgehead atoms. The van der Waals surface area contributed by atoms with Crippen molar-refractivity contribution in [2.45, 2.75) is 258 Å². The number of amides is 4. The van der Waals surface area contributed by atoms with Crippen LogP contribution in [0.5, 0.6) is 0 Å². The van der Waals surface area contributed by atoms with Crippen LogP contribution in [0.4, 0.5) is 0 Å². The van der Waals surface area contributed by atoms with Crippen molar-refractivity contribution in [1.29, 1.82) is 0 Å². The number of ether oxygens (including phenoxy) is 4. The Morgan fingerprint density at radius 3 is 1.38 bits per heavy atom. The Bertz CT molecular complexity index is 3640. The number of rotatable bonds is 20. The molecule has 0 spiro atoms. The fourth-order valence-electron chi connectivity index (χ4n) is 17.1. The lowest BCUT2D eigenvalue weighted by Crippen LogP contribution is -2.50. The molecule has 8 aliphatic carbocycles. The zero-order valence-electron chi connectivity index (χ0n) is 58.9. The van der Waals surface area contributed by atoms with Gasteiger partial charge in [-0.25, -0.2) is 0 Å². The highest BCUT2D eigenvalue weighted by atomic mass is 32.2. The molecule has 12 fully saturated rings. The monoisotopic (exact) mass is 1450 g/mol. The van der Waals surface area contributed by atoms with Gasteiger partial charge in [-0.2, -0.15) is 33.7 Å². The van der Waals surface area contributed by atoms with Crippen molar-refractivity contribution in [2.24, 2.45) is 73.4 Å². The summed E-state index contributed by atoms with van der Waals surface area (Å²) in [5.74, 6) is -3.44. The molecule has 12 rings (SSSR count). The van der Waals surface area contributed by atoms with E-state index in [0.717, 1.165) is 0 Å². The van der Waals surface area contributed by atoms with E-state index in [9.17, 15) is 72.0 Å². The Morgan fingerprint density at radius 2 is 0.887 bits per heavy atom. The molecule has 0 aromatic rings. The van der Waals surface area contributed by atoms with Crippen LogP contribution >= 0.6 is 0 Å². The molecular weight excluding hydrogens is 1350 g/mol. The molecule has 4 N–H and O–H groups in total. The second kappa shape index (κ2) is 26.0. The van der Waals surface area contributed by atoms with E-state index in [1.165, 1.54) is 0 Å². The lowest BCUT2D eigenvalue weighted by atomic mass is 9.81. The summed E-state index contributed by atoms with van der Waals surface area (Å²) < 4.78 is 140. The van der Waals surface area contributed by atoms with Crippen molar-refractivity contribution in [2.75, 3.05) is 26.2 Å². The SMILES string of the molecule is CCC(C)(C)C(=O)NCC(=O)OC1(C)C2CC3C1OS(=O)(=O)C3C2.CCC(C)(C)C(=O)NCC(=O)OC1C2CC3C(C)(C2)C1OS3(=O)=O.CCC(C)(C)C(=O)NCC(=O)OC1C2OS(=O)(=O)C3CC1(C)CC23.CCC(C)(C)C(=O)NCC(=O)OC1C2OS(=O)(=O)C3CC1C(C)(C)C23. The number of esters is 4. The van der Waals surface area contributed by atoms with Gasteiger partial charge in [-0.3, -0.25) is 55.1 Å². The quantitative estimate of drug-likeness (QED) is 0.0755. The molecule has 20 atom stereocenters. The number of hydrogen-bond donors (Lipinski definition) is 4. The van der Waals surface area contributed by atoms with Crippen LogP contribution in [0.3, 0.4) is 0 Å². The van der Waals surface area contributed by atoms with Gasteiger partial charge in [0.15, 0.2) is 0 Å². The number of nitrogens with one attached hydrogen (secondary N) is 4. The lowest BCUT2D eigenvalue weighted by molar-refractivity contribution is -0.172. The van der Waals surface area contributed by atoms with Crippen LogP contribution in [0, 0.1) is 73.4 Å². The molecule has 0 aromatic carbocycles. The van der Waals surface area contributed by atoms with Gasteiger partial charge in [-0.05, 0) is 83.0 Å². The van der Waals surface area contributed by atoms with E-state index in [1.807, 2.05) is 111 Å². The molecule has 4 saturated heterocycles. The van der Waals surface area contributed by atoms with E-state index < -0.39 is 161 Å². The third-order valence-corrected chi connectivity index (χ3v) is 32.0. The third kappa shape index (κ3) is 13.9. The first kappa shape index (κ1) is 76.6. The Hall–Kier alpha value is -4.60. The van der Waals surface area contributed by atoms with Gasteiger partial charge < -0.3 is 40.2 Å². The summed E-state index contributed by atoms with van der Waals surface area (Å²) >= 11 is 0. The van der Waals surface area contributed by atoms with Crippen LogP contribution in [0.25, 0.3) is 0 Å². The fourth-order valence-corrected chi connectivity index (χ4v) is 25.1. The van der Waals surface area contributed by atoms with Gasteiger partial charge in [0.2, 0.25) is 23.6 Å². The molecule has 8 saturated carbocycles. The number of hydrogen-bond acceptors (Lipinski definition) is 24. The minimum absolute atomic E-state index is 0.00834. The molecule has 4 amide bonds. The summed E-state index contributed by atoms with van der Waals surface area (Å²) in [5.41, 5.74) is -4.22. The summed E-state index contributed by atoms with van der Waals surface area (Å²) in [6.07, 6.45) is 2.52. The molecule has 97 heavy (non-hydrogen) atoms. The highest BCUT2D eigenvalue weighted by Crippen LogP contribution is 2.66. The second-order valence-electron chi connectivity index (χ2n) is 32.8. The highest BCUT2D eigenvalue weighted by Gasteiger charge is 2.75. The van der Waals surface area contributed by atoms with Crippen molar-refractivity contribution >= 4 is 88.0 Å². The average Bonchev–Trinajstić information content (AvgIpc) is 1.55. The Labute approximate surface area is 571 Å². The zero-order chi connectivity index (χ0) is 72.5. The smallest absolute Gasteiger partial charge is 0.326 e. The fraction of sp³-hybridized carbons (Fsp3) is 0.877. The molecule has 20 unspecified atom stereocenters. The predicted molar refractivity (Wildman–Crippen MR) is 346 cm³/mol. The van der Waals surface area contributed by atoms with E-state index >= 15 is 0 Å². The summed E-state index contributed by atoms with van der Waals surface area (Å²) in [5, 5.41) is 8.48. The molecule has 32 heteroatoms. The van der Waals surface area contributed by atoms with Crippen molar-refractivity contribution in [1.82, 2.24) is 21.3 Å². The van der Waals surface area contributed by atoms with Crippen LogP contribution in [0.2, 0.25) is 0 Å². The van der Waals surface area contributed by atoms with Crippen LogP contribution < -0.4 is 21.3 Å². The molecule has 0 radical (unpaired) electrons. The molecule has 0 aromatic heterocycles. The number of carbonyl (C=O) groups excluding carboxylic acids is 8. The van der Waals surface area contributed by atoms with Crippen LogP contribution in [0.1, 0.15) is 188 Å². The number of fused-ring (bicyclic) bond motifs is 4. The predicted octanol–water partition coefficient (Wildman–Crippen LogP) is 4.16. The minimum atomic E-state index is -3.58. The van der Waals surface area contributed by atoms with Gasteiger partial charge in [0.25, 0.3) is 40.5 Å². The van der Waals surface area contributed by atoms with Crippen molar-refractivity contribution < 1.29 is 108 Å². The molecule has 28 nitrogen and oxygen atoms in total. The van der Waals surface area contributed by atoms with E-state index in [4.69, 9.17) is 35.7 Å². The second-order valence-corrected chi connectivity index (χ2v) is 39.9.